The molecule has 0 radical (unpaired) electrons. The summed E-state index contributed by atoms with van der Waals surface area (Å²) in [5, 5.41) is 11.3. The van der Waals surface area contributed by atoms with E-state index in [0.717, 1.165) is 11.3 Å². The Morgan fingerprint density at radius 1 is 1.00 bits per heavy atom. The number of amides is 2. The highest BCUT2D eigenvalue weighted by atomic mass is 32.2. The average Bonchev–Trinajstić information content (AvgIpc) is 3.68. The first-order valence-corrected chi connectivity index (χ1v) is 15.6. The van der Waals surface area contributed by atoms with Gasteiger partial charge < -0.3 is 29.1 Å². The number of carbonyl (C=O) groups is 2. The maximum absolute atomic E-state index is 13.5. The van der Waals surface area contributed by atoms with Gasteiger partial charge in [0.05, 0.1) is 23.6 Å². The van der Waals surface area contributed by atoms with Gasteiger partial charge in [-0.15, -0.1) is 8.80 Å². The molecular formula is C31H37N7O5S. The predicted molar refractivity (Wildman–Crippen MR) is 169 cm³/mol. The van der Waals surface area contributed by atoms with Gasteiger partial charge in [-0.25, -0.2) is 4.21 Å². The van der Waals surface area contributed by atoms with Crippen molar-refractivity contribution in [2.45, 2.75) is 39.2 Å². The minimum Gasteiger partial charge on any atom is -0.505 e. The first kappa shape index (κ1) is 30.9. The number of phenolic OH excluding ortho intramolecular Hbond substituents is 1. The summed E-state index contributed by atoms with van der Waals surface area (Å²) in [6.07, 6.45) is 4.02. The number of likely N-dealkylation sites (N-methyl/N-ethyl adjacent to an activating group) is 2. The highest BCUT2D eigenvalue weighted by Gasteiger charge is 2.34. The number of rotatable bonds is 7. The molecule has 232 valence electrons. The molecule has 0 spiro atoms. The van der Waals surface area contributed by atoms with Crippen molar-refractivity contribution in [2.24, 2.45) is 8.80 Å². The predicted octanol–water partition coefficient (Wildman–Crippen LogP) is 4.01. The molecule has 2 aliphatic rings. The van der Waals surface area contributed by atoms with Crippen molar-refractivity contribution in [3.8, 4) is 5.75 Å². The fourth-order valence-corrected chi connectivity index (χ4v) is 6.12. The summed E-state index contributed by atoms with van der Waals surface area (Å²) in [4.78, 5) is 37.2. The zero-order valence-corrected chi connectivity index (χ0v) is 26.3. The number of anilines is 1. The zero-order valence-electron chi connectivity index (χ0n) is 25.5. The van der Waals surface area contributed by atoms with Gasteiger partial charge in [-0.3, -0.25) is 14.6 Å². The standard InChI is InChI=1S/C31H37N7O5S/c1-6-24(26-18-21(19-43-26)20(2)3)35(4)28-29(34-44(42)33-28)36(5)25-12-9-10-22(27(25)39)30(40)37-14-16-38(17-15-37)31(41)23-11-7-8-13-32-23/h7-13,18-20,24,39H,6,14-17H2,1-5H3/t24-,44?/m1/s1. The Kier molecular flexibility index (Phi) is 9.14. The Hall–Kier alpha value is -4.52. The van der Waals surface area contributed by atoms with Crippen molar-refractivity contribution < 1.29 is 23.3 Å². The van der Waals surface area contributed by atoms with Crippen molar-refractivity contribution in [3.63, 3.8) is 0 Å². The highest BCUT2D eigenvalue weighted by Crippen LogP contribution is 2.34. The van der Waals surface area contributed by atoms with Crippen LogP contribution in [0.5, 0.6) is 5.75 Å². The average molecular weight is 620 g/mol. The Balaban J connectivity index is 1.32. The number of aromatic nitrogens is 1. The molecule has 1 fully saturated rings. The summed E-state index contributed by atoms with van der Waals surface area (Å²) in [6, 6.07) is 11.9. The van der Waals surface area contributed by atoms with Crippen molar-refractivity contribution in [1.82, 2.24) is 19.7 Å². The van der Waals surface area contributed by atoms with E-state index in [2.05, 4.69) is 27.6 Å². The maximum atomic E-state index is 13.5. The highest BCUT2D eigenvalue weighted by molar-refractivity contribution is 7.83. The van der Waals surface area contributed by atoms with E-state index in [1.54, 1.807) is 70.6 Å². The summed E-state index contributed by atoms with van der Waals surface area (Å²) >= 11 is -1.85. The van der Waals surface area contributed by atoms with Crippen LogP contribution in [0.3, 0.4) is 0 Å². The Morgan fingerprint density at radius 2 is 1.68 bits per heavy atom. The number of benzene rings is 1. The van der Waals surface area contributed by atoms with E-state index in [1.807, 2.05) is 24.9 Å². The van der Waals surface area contributed by atoms with Gasteiger partial charge in [-0.05, 0) is 48.2 Å². The van der Waals surface area contributed by atoms with Gasteiger partial charge in [0.2, 0.25) is 0 Å². The van der Waals surface area contributed by atoms with Gasteiger partial charge in [-0.2, -0.15) is 0 Å². The third kappa shape index (κ3) is 6.09. The molecular weight excluding hydrogens is 582 g/mol. The summed E-state index contributed by atoms with van der Waals surface area (Å²) in [6.45, 7) is 7.55. The van der Waals surface area contributed by atoms with E-state index in [4.69, 9.17) is 4.42 Å². The molecule has 3 aromatic rings. The van der Waals surface area contributed by atoms with E-state index < -0.39 is 11.2 Å². The largest absolute Gasteiger partial charge is 0.505 e. The molecule has 2 aromatic heterocycles. The van der Waals surface area contributed by atoms with Crippen LogP contribution in [-0.2, 0) is 11.2 Å². The molecule has 1 unspecified atom stereocenters. The number of amidine groups is 2. The Morgan fingerprint density at radius 3 is 2.30 bits per heavy atom. The number of nitrogens with zero attached hydrogens (tertiary/aromatic N) is 7. The van der Waals surface area contributed by atoms with Gasteiger partial charge in [0, 0.05) is 46.5 Å². The van der Waals surface area contributed by atoms with E-state index in [-0.39, 0.29) is 29.2 Å². The lowest BCUT2D eigenvalue weighted by atomic mass is 10.0. The van der Waals surface area contributed by atoms with E-state index >= 15 is 0 Å². The molecule has 0 bridgehead atoms. The van der Waals surface area contributed by atoms with E-state index in [9.17, 15) is 18.9 Å². The number of para-hydroxylation sites is 1. The second-order valence-electron chi connectivity index (χ2n) is 11.1. The van der Waals surface area contributed by atoms with Gasteiger partial charge in [0.25, 0.3) is 23.0 Å². The second-order valence-corrected chi connectivity index (χ2v) is 11.9. The number of furan rings is 1. The van der Waals surface area contributed by atoms with Crippen molar-refractivity contribution in [3.05, 3.63) is 77.5 Å². The summed E-state index contributed by atoms with van der Waals surface area (Å²) in [5.41, 5.74) is 1.88. The fraction of sp³-hybridized carbons (Fsp3) is 0.387. The summed E-state index contributed by atoms with van der Waals surface area (Å²) in [5.74, 6) is 0.985. The molecule has 13 heteroatoms. The van der Waals surface area contributed by atoms with Crippen LogP contribution in [0, 0.1) is 0 Å². The number of phenols is 1. The minimum atomic E-state index is -1.85. The number of hydrogen-bond acceptors (Lipinski definition) is 8. The number of hydrogen-bond donors (Lipinski definition) is 1. The van der Waals surface area contributed by atoms with Crippen LogP contribution < -0.4 is 4.90 Å². The number of aromatic hydroxyl groups is 1. The summed E-state index contributed by atoms with van der Waals surface area (Å²) in [7, 11) is 3.52. The van der Waals surface area contributed by atoms with Crippen LogP contribution in [0.2, 0.25) is 0 Å². The lowest BCUT2D eigenvalue weighted by molar-refractivity contribution is 0.0530. The molecule has 5 rings (SSSR count). The topological polar surface area (TPSA) is 135 Å². The quantitative estimate of drug-likeness (QED) is 0.419. The van der Waals surface area contributed by atoms with Crippen molar-refractivity contribution >= 4 is 40.3 Å². The number of carbonyl (C=O) groups excluding carboxylic acids is 2. The van der Waals surface area contributed by atoms with Crippen LogP contribution >= 0.6 is 0 Å². The van der Waals surface area contributed by atoms with Gasteiger partial charge in [0.15, 0.2) is 17.4 Å². The Bertz CT molecular complexity index is 1610. The molecule has 1 N–H and O–H groups in total. The van der Waals surface area contributed by atoms with Crippen LogP contribution in [0.25, 0.3) is 0 Å². The molecule has 44 heavy (non-hydrogen) atoms. The van der Waals surface area contributed by atoms with Gasteiger partial charge in [-0.1, -0.05) is 32.9 Å². The van der Waals surface area contributed by atoms with Crippen LogP contribution in [-0.4, -0.2) is 92.8 Å². The maximum Gasteiger partial charge on any atom is 0.272 e. The van der Waals surface area contributed by atoms with Crippen LogP contribution in [0.15, 0.2) is 68.1 Å². The van der Waals surface area contributed by atoms with Crippen LogP contribution in [0.1, 0.15) is 71.3 Å². The molecule has 0 aliphatic carbocycles. The lowest BCUT2D eigenvalue weighted by Gasteiger charge is -2.35. The molecule has 1 saturated heterocycles. The third-order valence-electron chi connectivity index (χ3n) is 8.01. The normalized spacial score (nSPS) is 17.4. The first-order valence-electron chi connectivity index (χ1n) is 14.6. The number of piperazine rings is 1. The SMILES string of the molecule is CC[C@H](c1cc(C(C)C)co1)N(C)C1=NS(=O)N=C1N(C)c1cccc(C(=O)N2CCN(C(=O)c3ccccn3)CC2)c1O. The fourth-order valence-electron chi connectivity index (χ4n) is 5.37. The molecule has 2 atom stereocenters. The lowest BCUT2D eigenvalue weighted by Crippen LogP contribution is -2.50. The number of pyridine rings is 1. The molecule has 2 aliphatic heterocycles. The van der Waals surface area contributed by atoms with Gasteiger partial charge >= 0.3 is 0 Å². The molecule has 12 nitrogen and oxygen atoms in total. The molecule has 4 heterocycles. The first-order chi connectivity index (χ1) is 21.1. The molecule has 1 aromatic carbocycles. The zero-order chi connectivity index (χ0) is 31.5. The third-order valence-corrected chi connectivity index (χ3v) is 8.67. The van der Waals surface area contributed by atoms with Gasteiger partial charge in [0.1, 0.15) is 11.5 Å². The Labute approximate surface area is 259 Å². The monoisotopic (exact) mass is 619 g/mol. The van der Waals surface area contributed by atoms with E-state index in [1.165, 1.54) is 0 Å². The summed E-state index contributed by atoms with van der Waals surface area (Å²) < 4.78 is 27.0. The minimum absolute atomic E-state index is 0.119. The molecule has 0 saturated carbocycles. The smallest absolute Gasteiger partial charge is 0.272 e. The van der Waals surface area contributed by atoms with E-state index in [0.29, 0.717) is 61.6 Å². The van der Waals surface area contributed by atoms with Crippen molar-refractivity contribution in [1.29, 1.82) is 0 Å². The van der Waals surface area contributed by atoms with Crippen LogP contribution in [0.4, 0.5) is 5.69 Å². The second kappa shape index (κ2) is 13.0. The molecule has 2 amide bonds. The van der Waals surface area contributed by atoms with Crippen molar-refractivity contribution in [2.75, 3.05) is 45.2 Å².